The average molecular weight is 306 g/mol. The Bertz CT molecular complexity index is 599. The van der Waals surface area contributed by atoms with Gasteiger partial charge in [-0.3, -0.25) is 9.78 Å². The number of hydrogen-bond donors (Lipinski definition) is 2. The molecule has 0 radical (unpaired) electrons. The highest BCUT2D eigenvalue weighted by Gasteiger charge is 2.09. The van der Waals surface area contributed by atoms with Gasteiger partial charge in [0.15, 0.2) is 0 Å². The van der Waals surface area contributed by atoms with Crippen LogP contribution in [0, 0.1) is 6.92 Å². The van der Waals surface area contributed by atoms with E-state index >= 15 is 0 Å². The molecule has 3 N–H and O–H groups in total. The second-order valence-corrected chi connectivity index (χ2v) is 4.77. The van der Waals surface area contributed by atoms with Crippen molar-refractivity contribution in [3.63, 3.8) is 0 Å². The molecule has 0 unspecified atom stereocenters. The number of rotatable bonds is 2. The van der Waals surface area contributed by atoms with Gasteiger partial charge in [0.25, 0.3) is 5.91 Å². The highest BCUT2D eigenvalue weighted by Crippen LogP contribution is 2.23. The van der Waals surface area contributed by atoms with Crippen LogP contribution in [0.25, 0.3) is 0 Å². The van der Waals surface area contributed by atoms with Gasteiger partial charge in [-0.2, -0.15) is 0 Å². The monoisotopic (exact) mass is 305 g/mol. The van der Waals surface area contributed by atoms with E-state index in [1.165, 1.54) is 6.20 Å². The Kier molecular flexibility index (Phi) is 3.62. The molecule has 2 aromatic rings. The van der Waals surface area contributed by atoms with Crippen LogP contribution in [0.2, 0.25) is 0 Å². The number of halogens is 1. The Hall–Kier alpha value is -1.88. The third-order valence-corrected chi connectivity index (χ3v) is 3.08. The summed E-state index contributed by atoms with van der Waals surface area (Å²) in [4.78, 5) is 16.0. The number of nitrogens with one attached hydrogen (secondary N) is 1. The number of aryl methyl sites for hydroxylation is 1. The van der Waals surface area contributed by atoms with E-state index in [1.807, 2.05) is 25.1 Å². The normalized spacial score (nSPS) is 10.1. The topological polar surface area (TPSA) is 68.0 Å². The largest absolute Gasteiger partial charge is 0.399 e. The molecule has 1 aromatic heterocycles. The quantitative estimate of drug-likeness (QED) is 0.896. The van der Waals surface area contributed by atoms with Gasteiger partial charge in [0.2, 0.25) is 0 Å². The van der Waals surface area contributed by atoms with E-state index in [2.05, 4.69) is 26.2 Å². The molecule has 1 heterocycles. The van der Waals surface area contributed by atoms with Crippen molar-refractivity contribution in [2.45, 2.75) is 6.92 Å². The minimum absolute atomic E-state index is 0.284. The SMILES string of the molecule is Cc1ccc(Br)c(NC(=O)c2cc(N)ccn2)c1. The molecule has 0 aliphatic heterocycles. The highest BCUT2D eigenvalue weighted by molar-refractivity contribution is 9.10. The minimum Gasteiger partial charge on any atom is -0.399 e. The van der Waals surface area contributed by atoms with Crippen LogP contribution in [-0.4, -0.2) is 10.9 Å². The van der Waals surface area contributed by atoms with Gasteiger partial charge in [0.1, 0.15) is 5.69 Å². The summed E-state index contributed by atoms with van der Waals surface area (Å²) in [7, 11) is 0. The molecule has 0 bridgehead atoms. The van der Waals surface area contributed by atoms with Crippen LogP contribution in [-0.2, 0) is 0 Å². The Labute approximate surface area is 113 Å². The zero-order chi connectivity index (χ0) is 13.1. The summed E-state index contributed by atoms with van der Waals surface area (Å²) >= 11 is 3.39. The van der Waals surface area contributed by atoms with Crippen molar-refractivity contribution in [3.05, 3.63) is 52.3 Å². The number of amides is 1. The second-order valence-electron chi connectivity index (χ2n) is 3.91. The van der Waals surface area contributed by atoms with Gasteiger partial charge in [-0.25, -0.2) is 0 Å². The fourth-order valence-electron chi connectivity index (χ4n) is 1.49. The zero-order valence-electron chi connectivity index (χ0n) is 9.77. The molecule has 5 heteroatoms. The summed E-state index contributed by atoms with van der Waals surface area (Å²) in [6.45, 7) is 1.96. The molecule has 18 heavy (non-hydrogen) atoms. The summed E-state index contributed by atoms with van der Waals surface area (Å²) in [5, 5.41) is 2.79. The molecule has 0 saturated heterocycles. The van der Waals surface area contributed by atoms with Gasteiger partial charge in [-0.05, 0) is 52.7 Å². The van der Waals surface area contributed by atoms with Crippen LogP contribution in [0.5, 0.6) is 0 Å². The maximum Gasteiger partial charge on any atom is 0.274 e. The number of hydrogen-bond acceptors (Lipinski definition) is 3. The molecular formula is C13H12BrN3O. The number of benzene rings is 1. The molecule has 1 amide bonds. The summed E-state index contributed by atoms with van der Waals surface area (Å²) in [5.41, 5.74) is 8.20. The van der Waals surface area contributed by atoms with E-state index in [-0.39, 0.29) is 5.91 Å². The number of nitrogen functional groups attached to an aromatic ring is 1. The minimum atomic E-state index is -0.284. The van der Waals surface area contributed by atoms with Crippen molar-refractivity contribution >= 4 is 33.2 Å². The smallest absolute Gasteiger partial charge is 0.274 e. The first-order chi connectivity index (χ1) is 8.56. The van der Waals surface area contributed by atoms with Crippen molar-refractivity contribution in [2.24, 2.45) is 0 Å². The standard InChI is InChI=1S/C13H12BrN3O/c1-8-2-3-10(14)11(6-8)17-13(18)12-7-9(15)4-5-16-12/h2-7H,1H3,(H2,15,16)(H,17,18). The molecule has 4 nitrogen and oxygen atoms in total. The van der Waals surface area contributed by atoms with Crippen molar-refractivity contribution in [2.75, 3.05) is 11.1 Å². The molecular weight excluding hydrogens is 294 g/mol. The van der Waals surface area contributed by atoms with Crippen molar-refractivity contribution in [1.29, 1.82) is 0 Å². The van der Waals surface area contributed by atoms with Gasteiger partial charge in [0, 0.05) is 16.4 Å². The van der Waals surface area contributed by atoms with Crippen molar-refractivity contribution < 1.29 is 4.79 Å². The van der Waals surface area contributed by atoms with E-state index < -0.39 is 0 Å². The first-order valence-corrected chi connectivity index (χ1v) is 6.14. The molecule has 0 fully saturated rings. The lowest BCUT2D eigenvalue weighted by Crippen LogP contribution is -2.14. The lowest BCUT2D eigenvalue weighted by atomic mass is 10.2. The molecule has 0 saturated carbocycles. The Balaban J connectivity index is 2.24. The fraction of sp³-hybridized carbons (Fsp3) is 0.0769. The molecule has 0 spiro atoms. The average Bonchev–Trinajstić information content (AvgIpc) is 2.34. The van der Waals surface area contributed by atoms with Crippen molar-refractivity contribution in [1.82, 2.24) is 4.98 Å². The fourth-order valence-corrected chi connectivity index (χ4v) is 1.84. The molecule has 92 valence electrons. The van der Waals surface area contributed by atoms with Crippen LogP contribution in [0.4, 0.5) is 11.4 Å². The molecule has 0 aliphatic rings. The van der Waals surface area contributed by atoms with E-state index in [9.17, 15) is 4.79 Å². The predicted molar refractivity (Wildman–Crippen MR) is 75.5 cm³/mol. The van der Waals surface area contributed by atoms with Crippen LogP contribution in [0.15, 0.2) is 41.0 Å². The van der Waals surface area contributed by atoms with Gasteiger partial charge in [0.05, 0.1) is 5.69 Å². The van der Waals surface area contributed by atoms with Gasteiger partial charge >= 0.3 is 0 Å². The Morgan fingerprint density at radius 2 is 2.11 bits per heavy atom. The first kappa shape index (κ1) is 12.6. The van der Waals surface area contributed by atoms with E-state index in [0.717, 1.165) is 10.0 Å². The Morgan fingerprint density at radius 3 is 2.83 bits per heavy atom. The maximum absolute atomic E-state index is 12.0. The lowest BCUT2D eigenvalue weighted by molar-refractivity contribution is 0.102. The van der Waals surface area contributed by atoms with Gasteiger partial charge < -0.3 is 11.1 Å². The third kappa shape index (κ3) is 2.87. The molecule has 2 rings (SSSR count). The molecule has 1 aromatic carbocycles. The van der Waals surface area contributed by atoms with E-state index in [4.69, 9.17) is 5.73 Å². The first-order valence-electron chi connectivity index (χ1n) is 5.35. The lowest BCUT2D eigenvalue weighted by Gasteiger charge is -2.08. The summed E-state index contributed by atoms with van der Waals surface area (Å²) in [5.74, 6) is -0.284. The number of anilines is 2. The number of nitrogens with two attached hydrogens (primary N) is 1. The van der Waals surface area contributed by atoms with Crippen LogP contribution >= 0.6 is 15.9 Å². The Morgan fingerprint density at radius 1 is 1.33 bits per heavy atom. The van der Waals surface area contributed by atoms with Gasteiger partial charge in [-0.1, -0.05) is 6.07 Å². The number of pyridine rings is 1. The van der Waals surface area contributed by atoms with Gasteiger partial charge in [-0.15, -0.1) is 0 Å². The van der Waals surface area contributed by atoms with E-state index in [0.29, 0.717) is 17.1 Å². The summed E-state index contributed by atoms with van der Waals surface area (Å²) in [6.07, 6.45) is 1.51. The zero-order valence-corrected chi connectivity index (χ0v) is 11.4. The van der Waals surface area contributed by atoms with Crippen LogP contribution in [0.3, 0.4) is 0 Å². The number of nitrogens with zero attached hydrogens (tertiary/aromatic N) is 1. The summed E-state index contributed by atoms with van der Waals surface area (Å²) in [6, 6.07) is 8.91. The maximum atomic E-state index is 12.0. The number of carbonyl (C=O) groups excluding carboxylic acids is 1. The molecule has 0 aliphatic carbocycles. The van der Waals surface area contributed by atoms with Crippen LogP contribution < -0.4 is 11.1 Å². The number of aromatic nitrogens is 1. The third-order valence-electron chi connectivity index (χ3n) is 2.39. The predicted octanol–water partition coefficient (Wildman–Crippen LogP) is 2.99. The van der Waals surface area contributed by atoms with Crippen molar-refractivity contribution in [3.8, 4) is 0 Å². The second kappa shape index (κ2) is 5.18. The number of carbonyl (C=O) groups is 1. The van der Waals surface area contributed by atoms with Crippen LogP contribution in [0.1, 0.15) is 16.1 Å². The van der Waals surface area contributed by atoms with E-state index in [1.54, 1.807) is 12.1 Å². The summed E-state index contributed by atoms with van der Waals surface area (Å²) < 4.78 is 0.824. The highest BCUT2D eigenvalue weighted by atomic mass is 79.9. The molecule has 0 atom stereocenters.